The summed E-state index contributed by atoms with van der Waals surface area (Å²) in [5.41, 5.74) is -0.413. The lowest BCUT2D eigenvalue weighted by Gasteiger charge is -2.26. The number of rotatable bonds is 6. The van der Waals surface area contributed by atoms with Gasteiger partial charge in [-0.3, -0.25) is 4.79 Å². The molecule has 19 heavy (non-hydrogen) atoms. The van der Waals surface area contributed by atoms with Crippen LogP contribution in [0.3, 0.4) is 0 Å². The van der Waals surface area contributed by atoms with Crippen LogP contribution in [0.5, 0.6) is 0 Å². The van der Waals surface area contributed by atoms with Crippen LogP contribution in [-0.2, 0) is 9.53 Å². The van der Waals surface area contributed by atoms with Gasteiger partial charge in [-0.1, -0.05) is 12.8 Å². The molecule has 1 N–H and O–H groups in total. The summed E-state index contributed by atoms with van der Waals surface area (Å²) in [4.78, 5) is 12.1. The molecule has 110 valence electrons. The number of likely N-dealkylation sites (N-methyl/N-ethyl adjacent to an activating group) is 1. The average Bonchev–Trinajstić information content (AvgIpc) is 3.07. The maximum absolute atomic E-state index is 12.1. The fourth-order valence-electron chi connectivity index (χ4n) is 3.38. The maximum atomic E-state index is 12.1. The molecule has 0 aromatic rings. The van der Waals surface area contributed by atoms with E-state index in [2.05, 4.69) is 17.1 Å². The number of hydrogen-bond donors (Lipinski definition) is 1. The Morgan fingerprint density at radius 3 is 2.74 bits per heavy atom. The Hall–Kier alpha value is -0.220. The van der Waals surface area contributed by atoms with Gasteiger partial charge in [0.05, 0.1) is 6.61 Å². The van der Waals surface area contributed by atoms with E-state index in [1.165, 1.54) is 31.4 Å². The highest BCUT2D eigenvalue weighted by atomic mass is 32.2. The van der Waals surface area contributed by atoms with Crippen molar-refractivity contribution < 1.29 is 9.53 Å². The quantitative estimate of drug-likeness (QED) is 0.761. The van der Waals surface area contributed by atoms with Gasteiger partial charge < -0.3 is 10.1 Å². The number of ether oxygens (including phenoxy) is 1. The zero-order valence-electron chi connectivity index (χ0n) is 12.2. The third-order valence-corrected chi connectivity index (χ3v) is 6.19. The van der Waals surface area contributed by atoms with Gasteiger partial charge in [-0.15, -0.1) is 0 Å². The van der Waals surface area contributed by atoms with Crippen molar-refractivity contribution in [2.45, 2.75) is 62.7 Å². The van der Waals surface area contributed by atoms with Crippen LogP contribution < -0.4 is 5.32 Å². The topological polar surface area (TPSA) is 38.3 Å². The lowest BCUT2D eigenvalue weighted by Crippen LogP contribution is -2.49. The summed E-state index contributed by atoms with van der Waals surface area (Å²) in [5.74, 6) is 2.16. The summed E-state index contributed by atoms with van der Waals surface area (Å²) in [6.07, 6.45) is 8.64. The number of nitrogens with one attached hydrogen (secondary N) is 1. The van der Waals surface area contributed by atoms with E-state index in [0.29, 0.717) is 11.9 Å². The SMILES string of the molecule is CCOC(=O)C1(NC)CCC(SCC2CCCC2)C1. The first-order valence-electron chi connectivity index (χ1n) is 7.68. The highest BCUT2D eigenvalue weighted by Gasteiger charge is 2.45. The second-order valence-corrected chi connectivity index (χ2v) is 7.23. The van der Waals surface area contributed by atoms with E-state index in [4.69, 9.17) is 4.74 Å². The minimum atomic E-state index is -0.413. The fraction of sp³-hybridized carbons (Fsp3) is 0.933. The van der Waals surface area contributed by atoms with E-state index in [1.54, 1.807) is 0 Å². The van der Waals surface area contributed by atoms with E-state index >= 15 is 0 Å². The molecule has 2 rings (SSSR count). The maximum Gasteiger partial charge on any atom is 0.326 e. The minimum Gasteiger partial charge on any atom is -0.465 e. The second kappa shape index (κ2) is 6.98. The van der Waals surface area contributed by atoms with Crippen molar-refractivity contribution in [2.75, 3.05) is 19.4 Å². The average molecular weight is 285 g/mol. The Bertz CT molecular complexity index is 305. The highest BCUT2D eigenvalue weighted by Crippen LogP contribution is 2.40. The molecule has 0 amide bonds. The molecule has 0 aliphatic heterocycles. The number of carbonyl (C=O) groups excluding carboxylic acids is 1. The van der Waals surface area contributed by atoms with Crippen LogP contribution in [0.2, 0.25) is 0 Å². The zero-order valence-corrected chi connectivity index (χ0v) is 13.1. The van der Waals surface area contributed by atoms with Crippen LogP contribution in [0.4, 0.5) is 0 Å². The molecule has 0 heterocycles. The molecular formula is C15H27NO2S. The highest BCUT2D eigenvalue weighted by molar-refractivity contribution is 7.99. The summed E-state index contributed by atoms with van der Waals surface area (Å²) in [6, 6.07) is 0. The molecular weight excluding hydrogens is 258 g/mol. The molecule has 2 unspecified atom stereocenters. The zero-order chi connectivity index (χ0) is 13.7. The van der Waals surface area contributed by atoms with Gasteiger partial charge >= 0.3 is 5.97 Å². The van der Waals surface area contributed by atoms with Gasteiger partial charge in [0.2, 0.25) is 0 Å². The van der Waals surface area contributed by atoms with Crippen molar-refractivity contribution in [2.24, 2.45) is 5.92 Å². The smallest absolute Gasteiger partial charge is 0.326 e. The van der Waals surface area contributed by atoms with Crippen molar-refractivity contribution in [1.82, 2.24) is 5.32 Å². The second-order valence-electron chi connectivity index (χ2n) is 5.90. The Labute approximate surface area is 121 Å². The first-order chi connectivity index (χ1) is 9.20. The van der Waals surface area contributed by atoms with Gasteiger partial charge in [0.15, 0.2) is 0 Å². The van der Waals surface area contributed by atoms with Crippen molar-refractivity contribution in [3.05, 3.63) is 0 Å². The normalized spacial score (nSPS) is 31.8. The molecule has 0 spiro atoms. The summed E-state index contributed by atoms with van der Waals surface area (Å²) in [6.45, 7) is 2.35. The first kappa shape index (κ1) is 15.2. The fourth-order valence-corrected chi connectivity index (χ4v) is 4.94. The van der Waals surface area contributed by atoms with Crippen LogP contribution >= 0.6 is 11.8 Å². The van der Waals surface area contributed by atoms with Gasteiger partial charge in [0, 0.05) is 5.25 Å². The molecule has 0 aromatic carbocycles. The predicted octanol–water partition coefficient (Wildman–Crippen LogP) is 2.98. The van der Waals surface area contributed by atoms with E-state index in [1.807, 2.05) is 14.0 Å². The molecule has 3 nitrogen and oxygen atoms in total. The van der Waals surface area contributed by atoms with Crippen molar-refractivity contribution in [3.8, 4) is 0 Å². The van der Waals surface area contributed by atoms with Crippen molar-refractivity contribution >= 4 is 17.7 Å². The van der Waals surface area contributed by atoms with Gasteiger partial charge in [0.25, 0.3) is 0 Å². The summed E-state index contributed by atoms with van der Waals surface area (Å²) in [7, 11) is 1.89. The third kappa shape index (κ3) is 3.66. The van der Waals surface area contributed by atoms with Gasteiger partial charge in [0.1, 0.15) is 5.54 Å². The molecule has 2 fully saturated rings. The Morgan fingerprint density at radius 1 is 1.37 bits per heavy atom. The van der Waals surface area contributed by atoms with E-state index in [0.717, 1.165) is 25.2 Å². The van der Waals surface area contributed by atoms with Crippen LogP contribution in [0.15, 0.2) is 0 Å². The molecule has 2 aliphatic rings. The number of hydrogen-bond acceptors (Lipinski definition) is 4. The van der Waals surface area contributed by atoms with E-state index in [-0.39, 0.29) is 5.97 Å². The van der Waals surface area contributed by atoms with Crippen molar-refractivity contribution in [3.63, 3.8) is 0 Å². The minimum absolute atomic E-state index is 0.0542. The summed E-state index contributed by atoms with van der Waals surface area (Å²) >= 11 is 2.09. The summed E-state index contributed by atoms with van der Waals surface area (Å²) in [5, 5.41) is 3.85. The molecule has 0 radical (unpaired) electrons. The lowest BCUT2D eigenvalue weighted by atomic mass is 9.98. The molecule has 2 saturated carbocycles. The number of esters is 1. The third-order valence-electron chi connectivity index (χ3n) is 4.66. The molecule has 2 atom stereocenters. The van der Waals surface area contributed by atoms with Crippen LogP contribution in [-0.4, -0.2) is 36.2 Å². The molecule has 0 aromatic heterocycles. The van der Waals surface area contributed by atoms with Crippen molar-refractivity contribution in [1.29, 1.82) is 0 Å². The number of carbonyl (C=O) groups is 1. The first-order valence-corrected chi connectivity index (χ1v) is 8.73. The summed E-state index contributed by atoms with van der Waals surface area (Å²) < 4.78 is 5.24. The Kier molecular flexibility index (Phi) is 5.58. The van der Waals surface area contributed by atoms with Gasteiger partial charge in [-0.05, 0) is 57.7 Å². The molecule has 4 heteroatoms. The molecule has 0 saturated heterocycles. The Balaban J connectivity index is 1.81. The molecule has 0 bridgehead atoms. The largest absolute Gasteiger partial charge is 0.465 e. The lowest BCUT2D eigenvalue weighted by molar-refractivity contribution is -0.150. The molecule has 2 aliphatic carbocycles. The van der Waals surface area contributed by atoms with Crippen LogP contribution in [0.25, 0.3) is 0 Å². The van der Waals surface area contributed by atoms with Gasteiger partial charge in [-0.2, -0.15) is 11.8 Å². The van der Waals surface area contributed by atoms with E-state index in [9.17, 15) is 4.79 Å². The van der Waals surface area contributed by atoms with E-state index < -0.39 is 5.54 Å². The number of thioether (sulfide) groups is 1. The monoisotopic (exact) mass is 285 g/mol. The predicted molar refractivity (Wildman–Crippen MR) is 80.5 cm³/mol. The van der Waals surface area contributed by atoms with Crippen LogP contribution in [0.1, 0.15) is 51.9 Å². The Morgan fingerprint density at radius 2 is 2.11 bits per heavy atom. The standard InChI is InChI=1S/C15H27NO2S/c1-3-18-14(17)15(16-2)9-8-13(10-15)19-11-12-6-4-5-7-12/h12-13,16H,3-11H2,1-2H3. The van der Waals surface area contributed by atoms with Gasteiger partial charge in [-0.25, -0.2) is 0 Å². The van der Waals surface area contributed by atoms with Crippen LogP contribution in [0, 0.1) is 5.92 Å².